The first kappa shape index (κ1) is 27.8. The van der Waals surface area contributed by atoms with Crippen molar-refractivity contribution in [2.45, 2.75) is 42.4 Å². The van der Waals surface area contributed by atoms with Gasteiger partial charge in [-0.15, -0.1) is 23.2 Å². The predicted octanol–water partition coefficient (Wildman–Crippen LogP) is 7.50. The molecule has 0 radical (unpaired) electrons. The van der Waals surface area contributed by atoms with E-state index in [0.29, 0.717) is 36.4 Å². The Bertz CT molecular complexity index is 1450. The fraction of sp³-hybridized carbons (Fsp3) is 0.323. The van der Waals surface area contributed by atoms with Gasteiger partial charge in [0.15, 0.2) is 0 Å². The summed E-state index contributed by atoms with van der Waals surface area (Å²) in [5.41, 5.74) is 4.76. The quantitative estimate of drug-likeness (QED) is 0.162. The van der Waals surface area contributed by atoms with Crippen LogP contribution in [0.1, 0.15) is 53.5 Å². The monoisotopic (exact) mass is 658 g/mol. The molecule has 3 aliphatic carbocycles. The summed E-state index contributed by atoms with van der Waals surface area (Å²) in [5, 5.41) is 3.43. The van der Waals surface area contributed by atoms with Crippen molar-refractivity contribution in [3.63, 3.8) is 0 Å². The Hall–Kier alpha value is -2.38. The Morgan fingerprint density at radius 1 is 0.875 bits per heavy atom. The number of halogens is 4. The molecule has 0 spiro atoms. The lowest BCUT2D eigenvalue weighted by Crippen LogP contribution is -2.57. The van der Waals surface area contributed by atoms with Crippen LogP contribution in [-0.4, -0.2) is 29.2 Å². The third kappa shape index (κ3) is 3.98. The smallest absolute Gasteiger partial charge is 0.235 e. The minimum atomic E-state index is -1.16. The molecule has 3 aromatic rings. The van der Waals surface area contributed by atoms with Crippen molar-refractivity contribution in [2.75, 3.05) is 11.9 Å². The number of hydrogen-bond acceptors (Lipinski definition) is 3. The van der Waals surface area contributed by atoms with Crippen molar-refractivity contribution >= 4 is 74.1 Å². The number of carbonyl (C=O) groups excluding carboxylic acids is 3. The fourth-order valence-corrected chi connectivity index (χ4v) is 8.39. The maximum Gasteiger partial charge on any atom is 0.235 e. The highest BCUT2D eigenvalue weighted by molar-refractivity contribution is 9.10. The number of alkyl halides is 2. The molecule has 3 aromatic carbocycles. The summed E-state index contributed by atoms with van der Waals surface area (Å²) in [4.78, 5) is 39.2. The van der Waals surface area contributed by atoms with Crippen molar-refractivity contribution < 1.29 is 14.4 Å². The highest BCUT2D eigenvalue weighted by Crippen LogP contribution is 2.69. The number of benzene rings is 3. The molecule has 0 aromatic heterocycles. The number of carbonyl (C=O) groups is 3. The molecule has 1 saturated heterocycles. The van der Waals surface area contributed by atoms with Crippen LogP contribution in [0.4, 0.5) is 5.69 Å². The number of imide groups is 1. The van der Waals surface area contributed by atoms with E-state index in [1.807, 2.05) is 61.5 Å². The van der Waals surface area contributed by atoms with E-state index in [2.05, 4.69) is 21.2 Å². The van der Waals surface area contributed by atoms with Crippen LogP contribution in [0.2, 0.25) is 5.02 Å². The van der Waals surface area contributed by atoms with Gasteiger partial charge in [0, 0.05) is 23.1 Å². The van der Waals surface area contributed by atoms with Crippen molar-refractivity contribution in [3.05, 3.63) is 98.0 Å². The number of likely N-dealkylation sites (tertiary alicyclic amines) is 1. The zero-order chi connectivity index (χ0) is 28.4. The predicted molar refractivity (Wildman–Crippen MR) is 161 cm³/mol. The van der Waals surface area contributed by atoms with Gasteiger partial charge in [0.2, 0.25) is 17.7 Å². The van der Waals surface area contributed by atoms with Gasteiger partial charge >= 0.3 is 0 Å². The number of amides is 3. The largest absolute Gasteiger partial charge is 0.326 e. The lowest BCUT2D eigenvalue weighted by molar-refractivity contribution is -0.140. The van der Waals surface area contributed by atoms with Crippen molar-refractivity contribution in [1.29, 1.82) is 0 Å². The van der Waals surface area contributed by atoms with E-state index in [-0.39, 0.29) is 24.3 Å². The number of nitrogens with zero attached hydrogens (tertiary/aromatic N) is 1. The van der Waals surface area contributed by atoms with Crippen LogP contribution in [0.25, 0.3) is 0 Å². The summed E-state index contributed by atoms with van der Waals surface area (Å²) < 4.78 is 0.774. The molecule has 1 fully saturated rings. The summed E-state index contributed by atoms with van der Waals surface area (Å²) in [5.74, 6) is -2.23. The van der Waals surface area contributed by atoms with Gasteiger partial charge in [0.05, 0.1) is 16.9 Å². The summed E-state index contributed by atoms with van der Waals surface area (Å²) in [7, 11) is 0. The lowest BCUT2D eigenvalue weighted by Gasteiger charge is -2.54. The third-order valence-electron chi connectivity index (χ3n) is 8.50. The van der Waals surface area contributed by atoms with Crippen LogP contribution < -0.4 is 5.32 Å². The molecule has 0 saturated carbocycles. The van der Waals surface area contributed by atoms with E-state index in [0.717, 1.165) is 32.3 Å². The fourth-order valence-electron chi connectivity index (χ4n) is 6.67. The van der Waals surface area contributed by atoms with Crippen LogP contribution >= 0.6 is 50.7 Å². The minimum absolute atomic E-state index is 0.110. The Morgan fingerprint density at radius 2 is 1.38 bits per heavy atom. The highest BCUT2D eigenvalue weighted by Gasteiger charge is 2.72. The normalized spacial score (nSPS) is 26.0. The second kappa shape index (κ2) is 10.2. The molecule has 9 heteroatoms. The maximum atomic E-state index is 13.8. The van der Waals surface area contributed by atoms with Crippen molar-refractivity contribution in [2.24, 2.45) is 11.8 Å². The van der Waals surface area contributed by atoms with E-state index in [1.54, 1.807) is 6.07 Å². The molecule has 5 nitrogen and oxygen atoms in total. The number of aryl methyl sites for hydroxylation is 1. The second-order valence-electron chi connectivity index (χ2n) is 10.7. The molecular formula is C31H26BrCl3N2O3. The molecule has 2 bridgehead atoms. The standard InChI is InChI=1S/C31H26BrCl3N2O3/c1-17-15-22(32)23(33)16-24(17)36-25(38)13-3-2-8-14-37-28(39)26-27(29(37)40)31(35)19-10-5-4-9-18(19)30(26,34)20-11-6-7-12-21(20)31/h4-7,9-12,15-16,26-27H,2-3,8,13-14H2,1H3,(H,36,38)/t26-,27+,30?,31?. The lowest BCUT2D eigenvalue weighted by atomic mass is 9.54. The topological polar surface area (TPSA) is 66.5 Å². The molecule has 4 aliphatic rings. The Balaban J connectivity index is 1.14. The SMILES string of the molecule is Cc1cc(Br)c(Cl)cc1NC(=O)CCCCCN1C(=O)[C@@H]2[C@H](C1=O)C1(Cl)c3ccccc3C2(Cl)c2ccccc21. The summed E-state index contributed by atoms with van der Waals surface area (Å²) >= 11 is 24.4. The molecule has 40 heavy (non-hydrogen) atoms. The first-order valence-electron chi connectivity index (χ1n) is 13.3. The van der Waals surface area contributed by atoms with Gasteiger partial charge in [-0.05, 0) is 75.6 Å². The Labute approximate surface area is 256 Å². The van der Waals surface area contributed by atoms with Crippen LogP contribution in [0.5, 0.6) is 0 Å². The number of hydrogen-bond donors (Lipinski definition) is 1. The van der Waals surface area contributed by atoms with E-state index in [9.17, 15) is 14.4 Å². The van der Waals surface area contributed by atoms with E-state index in [1.165, 1.54) is 4.90 Å². The van der Waals surface area contributed by atoms with Gasteiger partial charge in [0.1, 0.15) is 9.75 Å². The zero-order valence-corrected chi connectivity index (χ0v) is 25.5. The Morgan fingerprint density at radius 3 is 1.88 bits per heavy atom. The van der Waals surface area contributed by atoms with Gasteiger partial charge in [-0.3, -0.25) is 19.3 Å². The van der Waals surface area contributed by atoms with Crippen LogP contribution in [-0.2, 0) is 24.1 Å². The van der Waals surface area contributed by atoms with Gasteiger partial charge in [-0.25, -0.2) is 0 Å². The second-order valence-corrected chi connectivity index (χ2v) is 13.2. The molecular weight excluding hydrogens is 635 g/mol. The highest BCUT2D eigenvalue weighted by atomic mass is 79.9. The van der Waals surface area contributed by atoms with E-state index < -0.39 is 21.6 Å². The van der Waals surface area contributed by atoms with Crippen molar-refractivity contribution in [1.82, 2.24) is 4.90 Å². The number of unbranched alkanes of at least 4 members (excludes halogenated alkanes) is 2. The molecule has 206 valence electrons. The number of nitrogens with one attached hydrogen (secondary N) is 1. The zero-order valence-electron chi connectivity index (χ0n) is 21.6. The average molecular weight is 661 g/mol. The summed E-state index contributed by atoms with van der Waals surface area (Å²) in [6.07, 6.45) is 2.20. The maximum absolute atomic E-state index is 13.8. The van der Waals surface area contributed by atoms with Crippen LogP contribution in [0.3, 0.4) is 0 Å². The van der Waals surface area contributed by atoms with Gasteiger partial charge < -0.3 is 5.32 Å². The molecule has 7 rings (SSSR count). The summed E-state index contributed by atoms with van der Waals surface area (Å²) in [6, 6.07) is 18.8. The number of rotatable bonds is 7. The molecule has 1 aliphatic heterocycles. The average Bonchev–Trinajstić information content (AvgIpc) is 3.20. The van der Waals surface area contributed by atoms with Gasteiger partial charge in [-0.2, -0.15) is 0 Å². The molecule has 2 atom stereocenters. The molecule has 1 N–H and O–H groups in total. The third-order valence-corrected chi connectivity index (χ3v) is 11.0. The van der Waals surface area contributed by atoms with Gasteiger partial charge in [-0.1, -0.05) is 66.6 Å². The minimum Gasteiger partial charge on any atom is -0.326 e. The van der Waals surface area contributed by atoms with E-state index in [4.69, 9.17) is 34.8 Å². The first-order valence-corrected chi connectivity index (χ1v) is 15.2. The molecule has 1 heterocycles. The van der Waals surface area contributed by atoms with E-state index >= 15 is 0 Å². The summed E-state index contributed by atoms with van der Waals surface area (Å²) in [6.45, 7) is 2.16. The molecule has 0 unspecified atom stereocenters. The van der Waals surface area contributed by atoms with Crippen molar-refractivity contribution in [3.8, 4) is 0 Å². The van der Waals surface area contributed by atoms with Gasteiger partial charge in [0.25, 0.3) is 0 Å². The van der Waals surface area contributed by atoms with Crippen LogP contribution in [0, 0.1) is 18.8 Å². The van der Waals surface area contributed by atoms with Crippen LogP contribution in [0.15, 0.2) is 65.1 Å². The Kier molecular flexibility index (Phi) is 7.06. The molecule has 3 amide bonds. The first-order chi connectivity index (χ1) is 19.1. The number of anilines is 1.